The van der Waals surface area contributed by atoms with Gasteiger partial charge in [0.25, 0.3) is 0 Å². The lowest BCUT2D eigenvalue weighted by Crippen LogP contribution is -2.38. The van der Waals surface area contributed by atoms with Crippen molar-refractivity contribution >= 4 is 27.6 Å². The van der Waals surface area contributed by atoms with Crippen LogP contribution in [0.5, 0.6) is 0 Å². The van der Waals surface area contributed by atoms with E-state index in [0.717, 1.165) is 0 Å². The van der Waals surface area contributed by atoms with Crippen LogP contribution in [0.15, 0.2) is 120 Å². The zero-order valence-electron chi connectivity index (χ0n) is 25.9. The number of hydrogen-bond acceptors (Lipinski definition) is 9. The van der Waals surface area contributed by atoms with Gasteiger partial charge in [0.15, 0.2) is 15.6 Å². The summed E-state index contributed by atoms with van der Waals surface area (Å²) in [6, 6.07) is 24.7. The minimum atomic E-state index is -3.82. The predicted octanol–water partition coefficient (Wildman–Crippen LogP) is 5.42. The van der Waals surface area contributed by atoms with Gasteiger partial charge in [-0.2, -0.15) is 0 Å². The zero-order valence-corrected chi connectivity index (χ0v) is 26.7. The molecule has 1 aliphatic rings. The summed E-state index contributed by atoms with van der Waals surface area (Å²) >= 11 is 0. The standard InChI is InChI=1S/C36H38O9S/c1-24(2)25(3)31(37)21-32-30(23-46(40,41)29-18-12-7-13-19-29)34(42-4)33(45-32)20-28(44-36(39)27-16-10-6-11-17-27)22-43-35(38)26-14-8-5-9-15-26/h5-19,28,30,32-34H,1,3,20-23H2,2,4H3/t28?,30-,32-,33+,34+/m0/s1. The van der Waals surface area contributed by atoms with Crippen molar-refractivity contribution in [3.05, 3.63) is 126 Å². The first kappa shape index (κ1) is 34.5. The lowest BCUT2D eigenvalue weighted by Gasteiger charge is -2.25. The van der Waals surface area contributed by atoms with Crippen molar-refractivity contribution in [2.24, 2.45) is 5.92 Å². The van der Waals surface area contributed by atoms with Crippen LogP contribution in [0.1, 0.15) is 40.5 Å². The van der Waals surface area contributed by atoms with Gasteiger partial charge >= 0.3 is 11.9 Å². The topological polar surface area (TPSA) is 122 Å². The fourth-order valence-electron chi connectivity index (χ4n) is 5.36. The molecule has 0 spiro atoms. The largest absolute Gasteiger partial charge is 0.458 e. The summed E-state index contributed by atoms with van der Waals surface area (Å²) in [5.41, 5.74) is 1.33. The van der Waals surface area contributed by atoms with E-state index in [1.54, 1.807) is 85.8 Å². The molecule has 0 saturated carbocycles. The monoisotopic (exact) mass is 646 g/mol. The second kappa shape index (κ2) is 15.8. The van der Waals surface area contributed by atoms with Crippen LogP contribution in [0.2, 0.25) is 0 Å². The number of ketones is 1. The third kappa shape index (κ3) is 8.87. The molecule has 0 N–H and O–H groups in total. The van der Waals surface area contributed by atoms with Crippen LogP contribution in [0, 0.1) is 5.92 Å². The van der Waals surface area contributed by atoms with E-state index in [1.807, 2.05) is 0 Å². The predicted molar refractivity (Wildman–Crippen MR) is 172 cm³/mol. The van der Waals surface area contributed by atoms with Gasteiger partial charge in [0, 0.05) is 31.4 Å². The minimum Gasteiger partial charge on any atom is -0.458 e. The molecule has 0 bridgehead atoms. The molecule has 1 aliphatic heterocycles. The van der Waals surface area contributed by atoms with Crippen LogP contribution in [0.4, 0.5) is 0 Å². The van der Waals surface area contributed by atoms with Gasteiger partial charge in [0.2, 0.25) is 0 Å². The van der Waals surface area contributed by atoms with Crippen molar-refractivity contribution in [3.8, 4) is 0 Å². The van der Waals surface area contributed by atoms with Crippen molar-refractivity contribution in [1.82, 2.24) is 0 Å². The summed E-state index contributed by atoms with van der Waals surface area (Å²) in [5.74, 6) is -2.70. The minimum absolute atomic E-state index is 0.00679. The molecule has 4 rings (SSSR count). The van der Waals surface area contributed by atoms with Crippen LogP contribution < -0.4 is 0 Å². The molecule has 0 aliphatic carbocycles. The molecular formula is C36H38O9S. The molecule has 9 nitrogen and oxygen atoms in total. The second-order valence-corrected chi connectivity index (χ2v) is 13.2. The lowest BCUT2D eigenvalue weighted by atomic mass is 9.91. The van der Waals surface area contributed by atoms with Gasteiger partial charge in [0.1, 0.15) is 12.7 Å². The van der Waals surface area contributed by atoms with E-state index in [4.69, 9.17) is 18.9 Å². The fourth-order valence-corrected chi connectivity index (χ4v) is 7.03. The van der Waals surface area contributed by atoms with Crippen molar-refractivity contribution in [2.45, 2.75) is 49.1 Å². The van der Waals surface area contributed by atoms with E-state index in [2.05, 4.69) is 13.2 Å². The first-order valence-corrected chi connectivity index (χ1v) is 16.5. The van der Waals surface area contributed by atoms with E-state index in [-0.39, 0.29) is 41.5 Å². The van der Waals surface area contributed by atoms with Crippen LogP contribution in [-0.2, 0) is 33.6 Å². The van der Waals surface area contributed by atoms with Gasteiger partial charge in [-0.3, -0.25) is 4.79 Å². The summed E-state index contributed by atoms with van der Waals surface area (Å²) in [6.07, 6.45) is -3.65. The molecule has 1 unspecified atom stereocenters. The Kier molecular flexibility index (Phi) is 11.8. The van der Waals surface area contributed by atoms with E-state index in [0.29, 0.717) is 16.7 Å². The highest BCUT2D eigenvalue weighted by molar-refractivity contribution is 7.91. The van der Waals surface area contributed by atoms with Gasteiger partial charge in [0.05, 0.1) is 40.1 Å². The molecule has 0 radical (unpaired) electrons. The summed E-state index contributed by atoms with van der Waals surface area (Å²) in [4.78, 5) is 39.1. The number of benzene rings is 3. The van der Waals surface area contributed by atoms with Crippen LogP contribution in [0.25, 0.3) is 0 Å². The molecule has 1 fully saturated rings. The summed E-state index contributed by atoms with van der Waals surface area (Å²) in [6.45, 7) is 8.97. The number of esters is 2. The Labute approximate surface area is 269 Å². The van der Waals surface area contributed by atoms with E-state index >= 15 is 0 Å². The maximum atomic E-state index is 13.5. The van der Waals surface area contributed by atoms with Gasteiger partial charge in [-0.25, -0.2) is 18.0 Å². The van der Waals surface area contributed by atoms with E-state index < -0.39 is 52.1 Å². The highest BCUT2D eigenvalue weighted by atomic mass is 32.2. The maximum absolute atomic E-state index is 13.5. The number of sulfone groups is 1. The molecule has 1 saturated heterocycles. The molecule has 46 heavy (non-hydrogen) atoms. The van der Waals surface area contributed by atoms with E-state index in [1.165, 1.54) is 19.2 Å². The lowest BCUT2D eigenvalue weighted by molar-refractivity contribution is -0.118. The third-order valence-corrected chi connectivity index (χ3v) is 9.64. The van der Waals surface area contributed by atoms with Crippen molar-refractivity contribution in [2.75, 3.05) is 19.5 Å². The van der Waals surface area contributed by atoms with Gasteiger partial charge in [-0.05, 0) is 48.9 Å². The smallest absolute Gasteiger partial charge is 0.338 e. The Morgan fingerprint density at radius 1 is 0.826 bits per heavy atom. The van der Waals surface area contributed by atoms with Crippen LogP contribution in [0.3, 0.4) is 0 Å². The maximum Gasteiger partial charge on any atom is 0.338 e. The molecule has 1 heterocycles. The molecule has 0 amide bonds. The number of methoxy groups -OCH3 is 1. The van der Waals surface area contributed by atoms with Crippen molar-refractivity contribution in [1.29, 1.82) is 0 Å². The molecule has 242 valence electrons. The first-order chi connectivity index (χ1) is 22.0. The van der Waals surface area contributed by atoms with Crippen molar-refractivity contribution in [3.63, 3.8) is 0 Å². The van der Waals surface area contributed by atoms with Gasteiger partial charge in [-0.1, -0.05) is 67.8 Å². The van der Waals surface area contributed by atoms with E-state index in [9.17, 15) is 22.8 Å². The Morgan fingerprint density at radius 2 is 1.37 bits per heavy atom. The quantitative estimate of drug-likeness (QED) is 0.121. The number of carbonyl (C=O) groups excluding carboxylic acids is 3. The Balaban J connectivity index is 1.61. The molecule has 5 atom stereocenters. The SMILES string of the molecule is C=C(C)C(=C)C(=O)C[C@@H]1O[C@H](CC(COC(=O)c2ccccc2)OC(=O)c2ccccc2)[C@H](OC)[C@H]1CS(=O)(=O)c1ccccc1. The highest BCUT2D eigenvalue weighted by Gasteiger charge is 2.48. The number of ether oxygens (including phenoxy) is 4. The third-order valence-electron chi connectivity index (χ3n) is 7.83. The molecule has 3 aromatic rings. The average Bonchev–Trinajstić information content (AvgIpc) is 3.37. The van der Waals surface area contributed by atoms with Crippen molar-refractivity contribution < 1.29 is 41.7 Å². The molecular weight excluding hydrogens is 608 g/mol. The van der Waals surface area contributed by atoms with Crippen LogP contribution in [-0.4, -0.2) is 70.0 Å². The number of rotatable bonds is 15. The fraction of sp³-hybridized carbons (Fsp3) is 0.306. The van der Waals surface area contributed by atoms with Gasteiger partial charge in [-0.15, -0.1) is 0 Å². The molecule has 10 heteroatoms. The normalized spacial score (nSPS) is 20.0. The second-order valence-electron chi connectivity index (χ2n) is 11.2. The Hall–Kier alpha value is -4.38. The summed E-state index contributed by atoms with van der Waals surface area (Å²) < 4.78 is 50.6. The number of Topliss-reactive ketones (excluding diaryl/α,β-unsaturated/α-hetero) is 1. The number of carbonyl (C=O) groups is 3. The Morgan fingerprint density at radius 3 is 1.91 bits per heavy atom. The first-order valence-electron chi connectivity index (χ1n) is 14.8. The van der Waals surface area contributed by atoms with Gasteiger partial charge < -0.3 is 18.9 Å². The summed E-state index contributed by atoms with van der Waals surface area (Å²) in [7, 11) is -2.39. The Bertz CT molecular complexity index is 1640. The van der Waals surface area contributed by atoms with Crippen LogP contribution >= 0.6 is 0 Å². The zero-order chi connectivity index (χ0) is 33.3. The number of allylic oxidation sites excluding steroid dienone is 2. The molecule has 3 aromatic carbocycles. The number of hydrogen-bond donors (Lipinski definition) is 0. The molecule has 0 aromatic heterocycles. The summed E-state index contributed by atoms with van der Waals surface area (Å²) in [5, 5.41) is 0. The highest BCUT2D eigenvalue weighted by Crippen LogP contribution is 2.37. The average molecular weight is 647 g/mol.